The molecule has 1 aliphatic rings. The average molecular weight is 308 g/mol. The van der Waals surface area contributed by atoms with Crippen molar-refractivity contribution in [2.24, 2.45) is 0 Å². The quantitative estimate of drug-likeness (QED) is 0.484. The predicted octanol–water partition coefficient (Wildman–Crippen LogP) is 1.43. The van der Waals surface area contributed by atoms with Gasteiger partial charge in [0, 0.05) is 18.2 Å². The van der Waals surface area contributed by atoms with Gasteiger partial charge in [0.05, 0.1) is 12.0 Å². The minimum atomic E-state index is -0.989. The number of hydrogen-bond donors (Lipinski definition) is 1. The zero-order valence-electron chi connectivity index (χ0n) is 12.2. The smallest absolute Gasteiger partial charge is 0.342 e. The first kappa shape index (κ1) is 15.7. The lowest BCUT2D eigenvalue weighted by molar-refractivity contribution is -0.384. The van der Waals surface area contributed by atoms with Gasteiger partial charge < -0.3 is 14.8 Å². The van der Waals surface area contributed by atoms with Crippen molar-refractivity contribution in [3.8, 4) is 5.75 Å². The van der Waals surface area contributed by atoms with Crippen molar-refractivity contribution in [2.75, 3.05) is 7.11 Å². The monoisotopic (exact) mass is 308 g/mol. The van der Waals surface area contributed by atoms with E-state index in [1.54, 1.807) is 0 Å². The number of non-ortho nitro benzene ring substituents is 1. The first-order chi connectivity index (χ1) is 10.4. The molecule has 0 unspecified atom stereocenters. The number of nitrogens with one attached hydrogen (secondary N) is 1. The van der Waals surface area contributed by atoms with Crippen LogP contribution >= 0.6 is 0 Å². The topological polar surface area (TPSA) is 108 Å². The highest BCUT2D eigenvalue weighted by molar-refractivity contribution is 5.95. The standard InChI is InChI=1S/C14H16N2O6/c1-8(13(17)15-9-3-4-9)22-14(18)11-7-10(16(19)20)5-6-12(11)21-2/h5-9H,3-4H2,1-2H3,(H,15,17)/t8-/m0/s1. The predicted molar refractivity (Wildman–Crippen MR) is 75.7 cm³/mol. The lowest BCUT2D eigenvalue weighted by Crippen LogP contribution is -2.37. The second-order valence-electron chi connectivity index (χ2n) is 4.97. The molecule has 22 heavy (non-hydrogen) atoms. The van der Waals surface area contributed by atoms with E-state index >= 15 is 0 Å². The molecule has 8 heteroatoms. The molecule has 2 rings (SSSR count). The van der Waals surface area contributed by atoms with Gasteiger partial charge in [0.1, 0.15) is 11.3 Å². The Labute approximate surface area is 126 Å². The van der Waals surface area contributed by atoms with Gasteiger partial charge >= 0.3 is 5.97 Å². The summed E-state index contributed by atoms with van der Waals surface area (Å²) in [6.45, 7) is 1.44. The summed E-state index contributed by atoms with van der Waals surface area (Å²) >= 11 is 0. The highest BCUT2D eigenvalue weighted by atomic mass is 16.6. The summed E-state index contributed by atoms with van der Waals surface area (Å²) in [5.74, 6) is -1.09. The van der Waals surface area contributed by atoms with Crippen LogP contribution in [0.3, 0.4) is 0 Å². The Morgan fingerprint density at radius 1 is 1.41 bits per heavy atom. The number of carbonyl (C=O) groups is 2. The molecule has 0 heterocycles. The number of rotatable bonds is 6. The van der Waals surface area contributed by atoms with Gasteiger partial charge in [0.15, 0.2) is 6.10 Å². The molecular weight excluding hydrogens is 292 g/mol. The number of hydrogen-bond acceptors (Lipinski definition) is 6. The van der Waals surface area contributed by atoms with E-state index in [4.69, 9.17) is 9.47 Å². The summed E-state index contributed by atoms with van der Waals surface area (Å²) in [5, 5.41) is 13.5. The number of esters is 1. The molecule has 0 saturated heterocycles. The van der Waals surface area contributed by atoms with Gasteiger partial charge in [-0.25, -0.2) is 4.79 Å². The number of nitrogens with zero attached hydrogens (tertiary/aromatic N) is 1. The molecule has 1 atom stereocenters. The van der Waals surface area contributed by atoms with E-state index in [9.17, 15) is 19.7 Å². The fraction of sp³-hybridized carbons (Fsp3) is 0.429. The summed E-state index contributed by atoms with van der Waals surface area (Å²) < 4.78 is 10.0. The van der Waals surface area contributed by atoms with Crippen LogP contribution in [0, 0.1) is 10.1 Å². The molecule has 1 N–H and O–H groups in total. The van der Waals surface area contributed by atoms with Crippen LogP contribution in [-0.2, 0) is 9.53 Å². The van der Waals surface area contributed by atoms with Gasteiger partial charge in [-0.05, 0) is 25.8 Å². The van der Waals surface area contributed by atoms with Crippen molar-refractivity contribution < 1.29 is 24.0 Å². The molecule has 0 spiro atoms. The molecule has 1 amide bonds. The van der Waals surface area contributed by atoms with Gasteiger partial charge in [-0.2, -0.15) is 0 Å². The van der Waals surface area contributed by atoms with Gasteiger partial charge in [-0.15, -0.1) is 0 Å². The summed E-state index contributed by atoms with van der Waals surface area (Å²) in [6.07, 6.45) is 0.855. The van der Waals surface area contributed by atoms with Gasteiger partial charge in [-0.3, -0.25) is 14.9 Å². The van der Waals surface area contributed by atoms with Crippen molar-refractivity contribution >= 4 is 17.6 Å². The fourth-order valence-corrected chi connectivity index (χ4v) is 1.79. The summed E-state index contributed by atoms with van der Waals surface area (Å²) in [5.41, 5.74) is -0.356. The van der Waals surface area contributed by atoms with Crippen molar-refractivity contribution in [3.63, 3.8) is 0 Å². The molecule has 0 bridgehead atoms. The number of nitro groups is 1. The van der Waals surface area contributed by atoms with E-state index in [1.165, 1.54) is 26.2 Å². The van der Waals surface area contributed by atoms with Crippen LogP contribution < -0.4 is 10.1 Å². The molecule has 1 aromatic rings. The molecule has 0 radical (unpaired) electrons. The van der Waals surface area contributed by atoms with Crippen LogP contribution in [0.25, 0.3) is 0 Å². The van der Waals surface area contributed by atoms with E-state index in [-0.39, 0.29) is 28.9 Å². The van der Waals surface area contributed by atoms with Crippen LogP contribution in [0.4, 0.5) is 5.69 Å². The first-order valence-corrected chi connectivity index (χ1v) is 6.76. The number of ether oxygens (including phenoxy) is 2. The van der Waals surface area contributed by atoms with Gasteiger partial charge in [0.2, 0.25) is 0 Å². The largest absolute Gasteiger partial charge is 0.496 e. The minimum absolute atomic E-state index is 0.0947. The molecule has 118 valence electrons. The number of nitro benzene ring substituents is 1. The molecule has 1 fully saturated rings. The second kappa shape index (κ2) is 6.42. The molecule has 1 saturated carbocycles. The normalized spacial score (nSPS) is 14.8. The lowest BCUT2D eigenvalue weighted by Gasteiger charge is -2.14. The second-order valence-corrected chi connectivity index (χ2v) is 4.97. The molecule has 1 aliphatic carbocycles. The Bertz CT molecular complexity index is 611. The van der Waals surface area contributed by atoms with Crippen molar-refractivity contribution in [1.29, 1.82) is 0 Å². The Morgan fingerprint density at radius 2 is 2.09 bits per heavy atom. The summed E-state index contributed by atoms with van der Waals surface area (Å²) in [6, 6.07) is 3.75. The van der Waals surface area contributed by atoms with E-state index in [1.807, 2.05) is 0 Å². The van der Waals surface area contributed by atoms with E-state index < -0.39 is 17.0 Å². The van der Waals surface area contributed by atoms with Crippen LogP contribution in [0.2, 0.25) is 0 Å². The lowest BCUT2D eigenvalue weighted by atomic mass is 10.1. The van der Waals surface area contributed by atoms with Crippen molar-refractivity contribution in [3.05, 3.63) is 33.9 Å². The fourth-order valence-electron chi connectivity index (χ4n) is 1.79. The third kappa shape index (κ3) is 3.72. The number of benzene rings is 1. The van der Waals surface area contributed by atoms with Crippen LogP contribution in [0.1, 0.15) is 30.1 Å². The van der Waals surface area contributed by atoms with Crippen molar-refractivity contribution in [2.45, 2.75) is 31.9 Å². The summed E-state index contributed by atoms with van der Waals surface area (Å²) in [4.78, 5) is 34.0. The maximum atomic E-state index is 12.1. The van der Waals surface area contributed by atoms with Gasteiger partial charge in [-0.1, -0.05) is 0 Å². The Balaban J connectivity index is 2.11. The molecule has 1 aromatic carbocycles. The molecular formula is C14H16N2O6. The Hall–Kier alpha value is -2.64. The molecule has 8 nitrogen and oxygen atoms in total. The van der Waals surface area contributed by atoms with Crippen LogP contribution in [-0.4, -0.2) is 36.1 Å². The van der Waals surface area contributed by atoms with E-state index in [0.717, 1.165) is 18.9 Å². The van der Waals surface area contributed by atoms with Crippen molar-refractivity contribution in [1.82, 2.24) is 5.32 Å². The number of methoxy groups -OCH3 is 1. The maximum absolute atomic E-state index is 12.1. The van der Waals surface area contributed by atoms with E-state index in [0.29, 0.717) is 0 Å². The Kier molecular flexibility index (Phi) is 4.59. The molecule has 0 aromatic heterocycles. The number of carbonyl (C=O) groups excluding carboxylic acids is 2. The SMILES string of the molecule is COc1ccc([N+](=O)[O-])cc1C(=O)O[C@@H](C)C(=O)NC1CC1. The number of amides is 1. The zero-order valence-corrected chi connectivity index (χ0v) is 12.2. The maximum Gasteiger partial charge on any atom is 0.342 e. The Morgan fingerprint density at radius 3 is 2.64 bits per heavy atom. The highest BCUT2D eigenvalue weighted by Gasteiger charge is 2.28. The average Bonchev–Trinajstić information content (AvgIpc) is 3.30. The summed E-state index contributed by atoms with van der Waals surface area (Å²) in [7, 11) is 1.33. The first-order valence-electron chi connectivity index (χ1n) is 6.76. The third-order valence-corrected chi connectivity index (χ3v) is 3.19. The van der Waals surface area contributed by atoms with E-state index in [2.05, 4.69) is 5.32 Å². The zero-order chi connectivity index (χ0) is 16.3. The van der Waals surface area contributed by atoms with Gasteiger partial charge in [0.25, 0.3) is 11.6 Å². The highest BCUT2D eigenvalue weighted by Crippen LogP contribution is 2.25. The van der Waals surface area contributed by atoms with Crippen LogP contribution in [0.5, 0.6) is 5.75 Å². The van der Waals surface area contributed by atoms with Crippen LogP contribution in [0.15, 0.2) is 18.2 Å². The molecule has 0 aliphatic heterocycles. The minimum Gasteiger partial charge on any atom is -0.496 e. The third-order valence-electron chi connectivity index (χ3n) is 3.19.